The summed E-state index contributed by atoms with van der Waals surface area (Å²) in [6, 6.07) is 15.2. The van der Waals surface area contributed by atoms with Gasteiger partial charge < -0.3 is 19.1 Å². The molecule has 1 aliphatic heterocycles. The van der Waals surface area contributed by atoms with E-state index in [0.717, 1.165) is 30.8 Å². The Hall–Kier alpha value is -2.53. The summed E-state index contributed by atoms with van der Waals surface area (Å²) in [5.74, 6) is 1.50. The summed E-state index contributed by atoms with van der Waals surface area (Å²) in [5, 5.41) is 0. The van der Waals surface area contributed by atoms with Crippen LogP contribution in [0.15, 0.2) is 48.5 Å². The number of carbonyl (C=O) groups excluding carboxylic acids is 1. The molecule has 1 aliphatic rings. The summed E-state index contributed by atoms with van der Waals surface area (Å²) in [6.07, 6.45) is 2.28. The van der Waals surface area contributed by atoms with Gasteiger partial charge in [0, 0.05) is 25.8 Å². The van der Waals surface area contributed by atoms with Crippen LogP contribution >= 0.6 is 0 Å². The van der Waals surface area contributed by atoms with Crippen molar-refractivity contribution >= 4 is 5.91 Å². The molecule has 0 N–H and O–H groups in total. The number of rotatable bonds is 8. The third kappa shape index (κ3) is 5.47. The highest BCUT2D eigenvalue weighted by Crippen LogP contribution is 2.19. The van der Waals surface area contributed by atoms with Crippen LogP contribution in [0, 0.1) is 0 Å². The van der Waals surface area contributed by atoms with Crippen molar-refractivity contribution in [2.75, 3.05) is 26.9 Å². The first kappa shape index (κ1) is 19.2. The topological polar surface area (TPSA) is 48.0 Å². The fourth-order valence-corrected chi connectivity index (χ4v) is 3.11. The minimum Gasteiger partial charge on any atom is -0.494 e. The standard InChI is InChI=1S/C22H27NO4/c1-3-25-19-11-9-17(10-12-19)15-23(2)22(24)18-6-4-7-20(14-18)27-16-21-8-5-13-26-21/h4,6-7,9-12,14,21H,3,5,8,13,15-16H2,1-2H3. The van der Waals surface area contributed by atoms with Crippen LogP contribution in [0.4, 0.5) is 0 Å². The maximum atomic E-state index is 12.8. The lowest BCUT2D eigenvalue weighted by Crippen LogP contribution is -2.26. The highest BCUT2D eigenvalue weighted by atomic mass is 16.5. The Balaban J connectivity index is 1.57. The van der Waals surface area contributed by atoms with Crippen molar-refractivity contribution in [1.82, 2.24) is 4.90 Å². The second-order valence-electron chi connectivity index (χ2n) is 6.71. The van der Waals surface area contributed by atoms with E-state index in [1.54, 1.807) is 18.0 Å². The van der Waals surface area contributed by atoms with Gasteiger partial charge in [-0.15, -0.1) is 0 Å². The Labute approximate surface area is 160 Å². The van der Waals surface area contributed by atoms with Crippen LogP contribution in [0.2, 0.25) is 0 Å². The van der Waals surface area contributed by atoms with Crippen molar-refractivity contribution in [3.8, 4) is 11.5 Å². The monoisotopic (exact) mass is 369 g/mol. The average molecular weight is 369 g/mol. The summed E-state index contributed by atoms with van der Waals surface area (Å²) in [4.78, 5) is 14.5. The van der Waals surface area contributed by atoms with Crippen LogP contribution in [0.5, 0.6) is 11.5 Å². The summed E-state index contributed by atoms with van der Waals surface area (Å²) in [6.45, 7) is 4.47. The van der Waals surface area contributed by atoms with E-state index in [4.69, 9.17) is 14.2 Å². The van der Waals surface area contributed by atoms with Crippen molar-refractivity contribution in [3.05, 3.63) is 59.7 Å². The quantitative estimate of drug-likeness (QED) is 0.708. The number of hydrogen-bond donors (Lipinski definition) is 0. The third-order valence-corrected chi connectivity index (χ3v) is 4.54. The molecule has 0 aromatic heterocycles. The van der Waals surface area contributed by atoms with Crippen LogP contribution in [0.25, 0.3) is 0 Å². The molecule has 1 unspecified atom stereocenters. The minimum absolute atomic E-state index is 0.0357. The van der Waals surface area contributed by atoms with E-state index in [-0.39, 0.29) is 12.0 Å². The van der Waals surface area contributed by atoms with Crippen LogP contribution < -0.4 is 9.47 Å². The van der Waals surface area contributed by atoms with Crippen molar-refractivity contribution in [2.45, 2.75) is 32.4 Å². The molecule has 0 saturated carbocycles. The van der Waals surface area contributed by atoms with E-state index >= 15 is 0 Å². The van der Waals surface area contributed by atoms with Gasteiger partial charge in [-0.05, 0) is 55.7 Å². The highest BCUT2D eigenvalue weighted by molar-refractivity contribution is 5.94. The number of nitrogens with zero attached hydrogens (tertiary/aromatic N) is 1. The van der Waals surface area contributed by atoms with E-state index in [1.165, 1.54) is 0 Å². The van der Waals surface area contributed by atoms with E-state index in [0.29, 0.717) is 31.1 Å². The lowest BCUT2D eigenvalue weighted by Gasteiger charge is -2.18. The maximum Gasteiger partial charge on any atom is 0.254 e. The fourth-order valence-electron chi connectivity index (χ4n) is 3.11. The van der Waals surface area contributed by atoms with Crippen molar-refractivity contribution < 1.29 is 19.0 Å². The second-order valence-corrected chi connectivity index (χ2v) is 6.71. The third-order valence-electron chi connectivity index (χ3n) is 4.54. The summed E-state index contributed by atoms with van der Waals surface area (Å²) in [7, 11) is 1.80. The minimum atomic E-state index is -0.0357. The summed E-state index contributed by atoms with van der Waals surface area (Å²) < 4.78 is 16.8. The molecule has 0 radical (unpaired) electrons. The molecule has 5 nitrogen and oxygen atoms in total. The molecule has 2 aromatic rings. The Morgan fingerprint density at radius 1 is 1.15 bits per heavy atom. The normalized spacial score (nSPS) is 16.1. The van der Waals surface area contributed by atoms with Crippen molar-refractivity contribution in [1.29, 1.82) is 0 Å². The molecule has 3 rings (SSSR count). The Morgan fingerprint density at radius 2 is 1.96 bits per heavy atom. The zero-order valence-electron chi connectivity index (χ0n) is 16.0. The van der Waals surface area contributed by atoms with Crippen LogP contribution in [-0.2, 0) is 11.3 Å². The molecule has 5 heteroatoms. The lowest BCUT2D eigenvalue weighted by molar-refractivity contribution is 0.0678. The van der Waals surface area contributed by atoms with E-state index in [9.17, 15) is 4.79 Å². The fraction of sp³-hybridized carbons (Fsp3) is 0.409. The number of benzene rings is 2. The van der Waals surface area contributed by atoms with Gasteiger partial charge in [0.2, 0.25) is 0 Å². The van der Waals surface area contributed by atoms with Gasteiger partial charge in [0.25, 0.3) is 5.91 Å². The molecule has 27 heavy (non-hydrogen) atoms. The molecular weight excluding hydrogens is 342 g/mol. The van der Waals surface area contributed by atoms with Gasteiger partial charge in [0.15, 0.2) is 0 Å². The van der Waals surface area contributed by atoms with Gasteiger partial charge in [0.1, 0.15) is 18.1 Å². The molecule has 2 aromatic carbocycles. The molecule has 144 valence electrons. The first-order chi connectivity index (χ1) is 13.2. The predicted molar refractivity (Wildman–Crippen MR) is 104 cm³/mol. The van der Waals surface area contributed by atoms with Crippen LogP contribution in [-0.4, -0.2) is 43.8 Å². The molecule has 1 saturated heterocycles. The first-order valence-electron chi connectivity index (χ1n) is 9.47. The molecule has 0 spiro atoms. The van der Waals surface area contributed by atoms with Crippen LogP contribution in [0.1, 0.15) is 35.7 Å². The smallest absolute Gasteiger partial charge is 0.254 e. The van der Waals surface area contributed by atoms with Gasteiger partial charge in [-0.25, -0.2) is 0 Å². The largest absolute Gasteiger partial charge is 0.494 e. The molecular formula is C22H27NO4. The van der Waals surface area contributed by atoms with Gasteiger partial charge in [-0.3, -0.25) is 4.79 Å². The molecule has 0 bridgehead atoms. The zero-order chi connectivity index (χ0) is 19.1. The zero-order valence-corrected chi connectivity index (χ0v) is 16.0. The average Bonchev–Trinajstić information content (AvgIpc) is 3.21. The molecule has 1 atom stereocenters. The lowest BCUT2D eigenvalue weighted by atomic mass is 10.1. The highest BCUT2D eigenvalue weighted by Gasteiger charge is 2.17. The summed E-state index contributed by atoms with van der Waals surface area (Å²) in [5.41, 5.74) is 1.67. The number of hydrogen-bond acceptors (Lipinski definition) is 4. The Kier molecular flexibility index (Phi) is 6.71. The maximum absolute atomic E-state index is 12.8. The van der Waals surface area contributed by atoms with E-state index < -0.39 is 0 Å². The van der Waals surface area contributed by atoms with Gasteiger partial charge in [0.05, 0.1) is 12.7 Å². The number of carbonyl (C=O) groups is 1. The van der Waals surface area contributed by atoms with Gasteiger partial charge >= 0.3 is 0 Å². The molecule has 1 fully saturated rings. The SMILES string of the molecule is CCOc1ccc(CN(C)C(=O)c2cccc(OCC3CCCO3)c2)cc1. The summed E-state index contributed by atoms with van der Waals surface area (Å²) >= 11 is 0. The number of ether oxygens (including phenoxy) is 3. The van der Waals surface area contributed by atoms with Gasteiger partial charge in [-0.1, -0.05) is 18.2 Å². The second kappa shape index (κ2) is 9.42. The van der Waals surface area contributed by atoms with E-state index in [1.807, 2.05) is 49.4 Å². The molecule has 0 aliphatic carbocycles. The first-order valence-corrected chi connectivity index (χ1v) is 9.47. The van der Waals surface area contributed by atoms with Crippen molar-refractivity contribution in [3.63, 3.8) is 0 Å². The van der Waals surface area contributed by atoms with E-state index in [2.05, 4.69) is 0 Å². The Morgan fingerprint density at radius 3 is 2.67 bits per heavy atom. The van der Waals surface area contributed by atoms with Crippen LogP contribution in [0.3, 0.4) is 0 Å². The van der Waals surface area contributed by atoms with Crippen molar-refractivity contribution in [2.24, 2.45) is 0 Å². The van der Waals surface area contributed by atoms with Gasteiger partial charge in [-0.2, -0.15) is 0 Å². The predicted octanol–water partition coefficient (Wildman–Crippen LogP) is 3.92. The molecule has 1 amide bonds. The Bertz CT molecular complexity index is 738. The number of amides is 1. The molecule has 1 heterocycles.